The number of hydrogen-bond acceptors (Lipinski definition) is 4. The van der Waals surface area contributed by atoms with Gasteiger partial charge in [0.1, 0.15) is 0 Å². The molecule has 0 heterocycles. The molecule has 4 heteroatoms. The van der Waals surface area contributed by atoms with Crippen molar-refractivity contribution in [2.24, 2.45) is 17.4 Å². The molecule has 0 amide bonds. The van der Waals surface area contributed by atoms with Crippen molar-refractivity contribution >= 4 is 0 Å². The quantitative estimate of drug-likeness (QED) is 0.480. The summed E-state index contributed by atoms with van der Waals surface area (Å²) in [6.07, 6.45) is 3.63. The van der Waals surface area contributed by atoms with Crippen LogP contribution in [0.2, 0.25) is 0 Å². The first-order valence-electron chi connectivity index (χ1n) is 4.69. The van der Waals surface area contributed by atoms with Crippen molar-refractivity contribution in [2.45, 2.75) is 31.6 Å². The molecule has 4 unspecified atom stereocenters. The molecule has 4 atom stereocenters. The van der Waals surface area contributed by atoms with Gasteiger partial charge in [0.25, 0.3) is 0 Å². The number of nitrogens with two attached hydrogens (primary N) is 2. The van der Waals surface area contributed by atoms with Crippen molar-refractivity contribution in [1.82, 2.24) is 0 Å². The van der Waals surface area contributed by atoms with Gasteiger partial charge in [-0.15, -0.1) is 0 Å². The average Bonchev–Trinajstić information content (AvgIpc) is 2.08. The van der Waals surface area contributed by atoms with Gasteiger partial charge >= 0.3 is 0 Å². The van der Waals surface area contributed by atoms with E-state index < -0.39 is 17.7 Å². The number of allylic oxidation sites excluding steroid dienone is 1. The van der Waals surface area contributed by atoms with Crippen LogP contribution < -0.4 is 11.5 Å². The van der Waals surface area contributed by atoms with Crippen LogP contribution in [0.15, 0.2) is 23.9 Å². The Morgan fingerprint density at radius 3 is 2.43 bits per heavy atom. The van der Waals surface area contributed by atoms with Crippen LogP contribution in [0.25, 0.3) is 0 Å². The van der Waals surface area contributed by atoms with Gasteiger partial charge in [0.05, 0.1) is 17.7 Å². The predicted molar refractivity (Wildman–Crippen MR) is 55.2 cm³/mol. The maximum Gasteiger partial charge on any atom is 0.0734 e. The van der Waals surface area contributed by atoms with Gasteiger partial charge in [0, 0.05) is 11.6 Å². The lowest BCUT2D eigenvalue weighted by Gasteiger charge is -2.39. The topological polar surface area (TPSA) is 92.5 Å². The van der Waals surface area contributed by atoms with Crippen LogP contribution in [-0.2, 0) is 0 Å². The fraction of sp³-hybridized carbons (Fsp3) is 0.600. The third-order valence-electron chi connectivity index (χ3n) is 2.76. The largest absolute Gasteiger partial charge is 0.399 e. The van der Waals surface area contributed by atoms with Gasteiger partial charge in [-0.25, -0.2) is 0 Å². The normalized spacial score (nSPS) is 36.4. The lowest BCUT2D eigenvalue weighted by molar-refractivity contribution is 0.0448. The molecule has 6 N–H and O–H groups in total. The molecular formula is C10H18N2O2. The number of aliphatic hydroxyl groups is 2. The molecular weight excluding hydrogens is 180 g/mol. The van der Waals surface area contributed by atoms with Gasteiger partial charge in [-0.1, -0.05) is 12.2 Å². The molecule has 0 saturated carbocycles. The van der Waals surface area contributed by atoms with Gasteiger partial charge in [-0.2, -0.15) is 0 Å². The molecule has 14 heavy (non-hydrogen) atoms. The van der Waals surface area contributed by atoms with E-state index in [2.05, 4.69) is 0 Å². The minimum atomic E-state index is -0.933. The highest BCUT2D eigenvalue weighted by molar-refractivity contribution is 5.31. The molecule has 1 aliphatic rings. The van der Waals surface area contributed by atoms with Crippen LogP contribution >= 0.6 is 0 Å². The van der Waals surface area contributed by atoms with Crippen molar-refractivity contribution < 1.29 is 10.2 Å². The highest BCUT2D eigenvalue weighted by atomic mass is 16.3. The highest BCUT2D eigenvalue weighted by Gasteiger charge is 2.40. The van der Waals surface area contributed by atoms with Crippen molar-refractivity contribution in [3.05, 3.63) is 23.9 Å². The van der Waals surface area contributed by atoms with Gasteiger partial charge < -0.3 is 21.7 Å². The Kier molecular flexibility index (Phi) is 2.99. The zero-order chi connectivity index (χ0) is 10.9. The molecule has 4 nitrogen and oxygen atoms in total. The zero-order valence-electron chi connectivity index (χ0n) is 8.51. The highest BCUT2D eigenvalue weighted by Crippen LogP contribution is 2.29. The van der Waals surface area contributed by atoms with Crippen LogP contribution in [0.5, 0.6) is 0 Å². The second-order valence-corrected chi connectivity index (χ2v) is 3.94. The van der Waals surface area contributed by atoms with E-state index in [1.807, 2.05) is 0 Å². The van der Waals surface area contributed by atoms with E-state index in [0.717, 1.165) is 0 Å². The standard InChI is InChI=1S/C10H18N2O2/c1-6(13)9-5-8(11)3-4-10(9,12)7(2)14/h3-7,9,13-14H,11-12H2,1-2H3. The van der Waals surface area contributed by atoms with E-state index in [1.54, 1.807) is 32.1 Å². The number of hydrogen-bond donors (Lipinski definition) is 4. The molecule has 0 radical (unpaired) electrons. The summed E-state index contributed by atoms with van der Waals surface area (Å²) in [6.45, 7) is 3.24. The van der Waals surface area contributed by atoms with Gasteiger partial charge in [0.15, 0.2) is 0 Å². The summed E-state index contributed by atoms with van der Waals surface area (Å²) in [5.41, 5.74) is 11.3. The van der Waals surface area contributed by atoms with Crippen molar-refractivity contribution in [3.8, 4) is 0 Å². The first-order valence-corrected chi connectivity index (χ1v) is 4.69. The average molecular weight is 198 g/mol. The maximum atomic E-state index is 9.58. The van der Waals surface area contributed by atoms with Crippen LogP contribution in [0.4, 0.5) is 0 Å². The first kappa shape index (κ1) is 11.2. The smallest absolute Gasteiger partial charge is 0.0734 e. The Morgan fingerprint density at radius 1 is 1.43 bits per heavy atom. The summed E-state index contributed by atoms with van der Waals surface area (Å²) in [4.78, 5) is 0. The third-order valence-corrected chi connectivity index (χ3v) is 2.76. The minimum absolute atomic E-state index is 0.354. The van der Waals surface area contributed by atoms with E-state index in [9.17, 15) is 10.2 Å². The lowest BCUT2D eigenvalue weighted by Crippen LogP contribution is -2.57. The molecule has 0 bridgehead atoms. The minimum Gasteiger partial charge on any atom is -0.399 e. The van der Waals surface area contributed by atoms with Crippen molar-refractivity contribution in [2.75, 3.05) is 0 Å². The summed E-state index contributed by atoms with van der Waals surface area (Å²) in [7, 11) is 0. The zero-order valence-corrected chi connectivity index (χ0v) is 8.51. The fourth-order valence-electron chi connectivity index (χ4n) is 1.73. The van der Waals surface area contributed by atoms with Crippen LogP contribution in [0.3, 0.4) is 0 Å². The van der Waals surface area contributed by atoms with E-state index in [4.69, 9.17) is 11.5 Å². The Bertz CT molecular complexity index is 271. The number of rotatable bonds is 2. The Hall–Kier alpha value is -0.840. The van der Waals surface area contributed by atoms with Gasteiger partial charge in [-0.3, -0.25) is 0 Å². The number of aliphatic hydroxyl groups excluding tert-OH is 2. The summed E-state index contributed by atoms with van der Waals surface area (Å²) in [5.74, 6) is -0.354. The second kappa shape index (κ2) is 3.73. The SMILES string of the molecule is CC(O)C1C=C(N)C=CC1(N)C(C)O. The molecule has 0 aromatic rings. The maximum absolute atomic E-state index is 9.58. The molecule has 1 rings (SSSR count). The molecule has 80 valence electrons. The molecule has 0 aromatic carbocycles. The summed E-state index contributed by atoms with van der Waals surface area (Å²) < 4.78 is 0. The lowest BCUT2D eigenvalue weighted by atomic mass is 9.74. The first-order chi connectivity index (χ1) is 6.38. The van der Waals surface area contributed by atoms with E-state index in [0.29, 0.717) is 5.70 Å². The Morgan fingerprint density at radius 2 is 2.00 bits per heavy atom. The van der Waals surface area contributed by atoms with Gasteiger partial charge in [0.2, 0.25) is 0 Å². The fourth-order valence-corrected chi connectivity index (χ4v) is 1.73. The van der Waals surface area contributed by atoms with E-state index >= 15 is 0 Å². The monoisotopic (exact) mass is 198 g/mol. The van der Waals surface area contributed by atoms with Crippen LogP contribution in [-0.4, -0.2) is 28.0 Å². The molecule has 0 spiro atoms. The molecule has 0 aromatic heterocycles. The molecule has 0 saturated heterocycles. The molecule has 0 fully saturated rings. The molecule has 0 aliphatic heterocycles. The summed E-state index contributed by atoms with van der Waals surface area (Å²) in [6, 6.07) is 0. The summed E-state index contributed by atoms with van der Waals surface area (Å²) >= 11 is 0. The van der Waals surface area contributed by atoms with Crippen molar-refractivity contribution in [1.29, 1.82) is 0 Å². The van der Waals surface area contributed by atoms with E-state index in [1.165, 1.54) is 0 Å². The van der Waals surface area contributed by atoms with Crippen LogP contribution in [0, 0.1) is 5.92 Å². The van der Waals surface area contributed by atoms with Crippen molar-refractivity contribution in [3.63, 3.8) is 0 Å². The Labute approximate surface area is 83.9 Å². The van der Waals surface area contributed by atoms with Gasteiger partial charge in [-0.05, 0) is 19.9 Å². The molecule has 1 aliphatic carbocycles. The third kappa shape index (κ3) is 1.82. The summed E-state index contributed by atoms with van der Waals surface area (Å²) in [5, 5.41) is 19.1. The van der Waals surface area contributed by atoms with E-state index in [-0.39, 0.29) is 5.92 Å². The van der Waals surface area contributed by atoms with Crippen LogP contribution in [0.1, 0.15) is 13.8 Å². The Balaban J connectivity index is 3.03. The second-order valence-electron chi connectivity index (χ2n) is 3.94. The predicted octanol–water partition coefficient (Wildman–Crippen LogP) is -0.526.